The zero-order chi connectivity index (χ0) is 29.6. The number of fused-ring (bicyclic) bond motifs is 5. The molecule has 0 saturated carbocycles. The average Bonchev–Trinajstić information content (AvgIpc) is 3.46. The van der Waals surface area contributed by atoms with Gasteiger partial charge in [-0.2, -0.15) is 10.5 Å². The Balaban J connectivity index is 1.26. The van der Waals surface area contributed by atoms with Crippen LogP contribution in [0.5, 0.6) is 0 Å². The van der Waals surface area contributed by atoms with E-state index in [0.717, 1.165) is 44.2 Å². The van der Waals surface area contributed by atoms with Crippen LogP contribution in [-0.4, -0.2) is 0 Å². The Hall–Kier alpha value is -5.94. The van der Waals surface area contributed by atoms with E-state index in [4.69, 9.17) is 0 Å². The summed E-state index contributed by atoms with van der Waals surface area (Å²) in [6.45, 7) is 0. The van der Waals surface area contributed by atoms with E-state index in [2.05, 4.69) is 120 Å². The molecule has 204 valence electrons. The molecular weight excluding hydrogens is 555 g/mol. The van der Waals surface area contributed by atoms with Crippen LogP contribution in [-0.2, 0) is 0 Å². The average molecular weight is 578 g/mol. The number of nitriles is 2. The van der Waals surface area contributed by atoms with Crippen LogP contribution in [0.1, 0.15) is 11.1 Å². The summed E-state index contributed by atoms with van der Waals surface area (Å²) in [6, 6.07) is 52.8. The number of benzene rings is 7. The van der Waals surface area contributed by atoms with Crippen molar-refractivity contribution in [2.75, 3.05) is 4.90 Å². The van der Waals surface area contributed by atoms with E-state index in [-0.39, 0.29) is 0 Å². The summed E-state index contributed by atoms with van der Waals surface area (Å²) in [5.41, 5.74) is 6.60. The van der Waals surface area contributed by atoms with Crippen LogP contribution in [0.25, 0.3) is 52.8 Å². The molecule has 0 spiro atoms. The predicted octanol–water partition coefficient (Wildman–Crippen LogP) is 11.2. The second-order valence-corrected chi connectivity index (χ2v) is 12.0. The first-order valence-electron chi connectivity index (χ1n) is 14.4. The molecule has 1 aromatic heterocycles. The molecule has 0 aliphatic heterocycles. The normalized spacial score (nSPS) is 11.1. The molecule has 0 amide bonds. The van der Waals surface area contributed by atoms with Gasteiger partial charge in [0.2, 0.25) is 0 Å². The molecule has 4 heteroatoms. The smallest absolute Gasteiger partial charge is 0.0991 e. The highest BCUT2D eigenvalue weighted by molar-refractivity contribution is 7.25. The Morgan fingerprint density at radius 2 is 0.977 bits per heavy atom. The number of nitrogens with zero attached hydrogens (tertiary/aromatic N) is 3. The van der Waals surface area contributed by atoms with E-state index in [1.165, 1.54) is 25.7 Å². The second kappa shape index (κ2) is 10.4. The van der Waals surface area contributed by atoms with Crippen molar-refractivity contribution in [2.24, 2.45) is 0 Å². The molecule has 0 aliphatic carbocycles. The van der Waals surface area contributed by atoms with Crippen molar-refractivity contribution in [2.45, 2.75) is 0 Å². The summed E-state index contributed by atoms with van der Waals surface area (Å²) in [5, 5.41) is 25.8. The minimum Gasteiger partial charge on any atom is -0.310 e. The summed E-state index contributed by atoms with van der Waals surface area (Å²) in [5.74, 6) is 0. The largest absolute Gasteiger partial charge is 0.310 e. The van der Waals surface area contributed by atoms with E-state index in [0.29, 0.717) is 11.1 Å². The SMILES string of the molecule is N#Cc1ccc2ccc(N(c3ccc(-c4ccc5sc6ccccc6c5c4)cc3)c3ccc4ccc(C#N)cc4c3)cc2c1. The fourth-order valence-electron chi connectivity index (χ4n) is 6.04. The van der Waals surface area contributed by atoms with Gasteiger partial charge in [0, 0.05) is 37.2 Å². The number of thiophene rings is 1. The fourth-order valence-corrected chi connectivity index (χ4v) is 7.13. The highest BCUT2D eigenvalue weighted by atomic mass is 32.1. The molecule has 0 bridgehead atoms. The third-order valence-corrected chi connectivity index (χ3v) is 9.41. The molecule has 0 radical (unpaired) electrons. The lowest BCUT2D eigenvalue weighted by atomic mass is 10.0. The highest BCUT2D eigenvalue weighted by Gasteiger charge is 2.15. The van der Waals surface area contributed by atoms with Gasteiger partial charge < -0.3 is 4.90 Å². The number of anilines is 3. The molecule has 1 heterocycles. The number of rotatable bonds is 4. The maximum Gasteiger partial charge on any atom is 0.0991 e. The Bertz CT molecular complexity index is 2380. The monoisotopic (exact) mass is 577 g/mol. The van der Waals surface area contributed by atoms with Gasteiger partial charge in [0.25, 0.3) is 0 Å². The van der Waals surface area contributed by atoms with Gasteiger partial charge in [-0.1, -0.05) is 60.7 Å². The van der Waals surface area contributed by atoms with Crippen LogP contribution in [0.4, 0.5) is 17.1 Å². The first kappa shape index (κ1) is 25.7. The van der Waals surface area contributed by atoms with Crippen molar-refractivity contribution in [3.8, 4) is 23.3 Å². The maximum atomic E-state index is 9.51. The topological polar surface area (TPSA) is 50.8 Å². The number of hydrogen-bond acceptors (Lipinski definition) is 4. The Kier molecular flexibility index (Phi) is 6.09. The Morgan fingerprint density at radius 3 is 1.61 bits per heavy atom. The molecule has 8 rings (SSSR count). The first-order chi connectivity index (χ1) is 21.7. The van der Waals surface area contributed by atoms with Crippen molar-refractivity contribution >= 4 is 70.1 Å². The Morgan fingerprint density at radius 1 is 0.432 bits per heavy atom. The standard InChI is InChI=1S/C40H23N3S/c41-24-26-5-7-29-11-16-35(21-32(29)19-26)43(36-17-12-30-8-6-27(25-42)20-33(30)22-36)34-14-9-28(10-15-34)31-13-18-40-38(23-31)37-3-1-2-4-39(37)44-40/h1-23H. The Labute approximate surface area is 258 Å². The van der Waals surface area contributed by atoms with Crippen molar-refractivity contribution in [1.29, 1.82) is 10.5 Å². The molecule has 8 aromatic rings. The van der Waals surface area contributed by atoms with Crippen LogP contribution in [0.3, 0.4) is 0 Å². The molecule has 0 fully saturated rings. The van der Waals surface area contributed by atoms with Gasteiger partial charge in [0.1, 0.15) is 0 Å². The molecule has 7 aromatic carbocycles. The van der Waals surface area contributed by atoms with Crippen LogP contribution in [0, 0.1) is 22.7 Å². The van der Waals surface area contributed by atoms with E-state index in [1.54, 1.807) is 0 Å². The van der Waals surface area contributed by atoms with Crippen LogP contribution < -0.4 is 4.90 Å². The van der Waals surface area contributed by atoms with E-state index >= 15 is 0 Å². The van der Waals surface area contributed by atoms with Gasteiger partial charge in [0.05, 0.1) is 23.3 Å². The lowest BCUT2D eigenvalue weighted by molar-refractivity contribution is 1.29. The van der Waals surface area contributed by atoms with Gasteiger partial charge in [-0.05, 0) is 112 Å². The van der Waals surface area contributed by atoms with Gasteiger partial charge in [-0.25, -0.2) is 0 Å². The van der Waals surface area contributed by atoms with Gasteiger partial charge in [-0.15, -0.1) is 11.3 Å². The molecule has 0 atom stereocenters. The van der Waals surface area contributed by atoms with Crippen LogP contribution in [0.15, 0.2) is 140 Å². The molecule has 3 nitrogen and oxygen atoms in total. The summed E-state index contributed by atoms with van der Waals surface area (Å²) in [4.78, 5) is 2.23. The van der Waals surface area contributed by atoms with Gasteiger partial charge >= 0.3 is 0 Å². The minimum absolute atomic E-state index is 0.635. The summed E-state index contributed by atoms with van der Waals surface area (Å²) >= 11 is 1.83. The molecular formula is C40H23N3S. The van der Waals surface area contributed by atoms with Crippen molar-refractivity contribution in [1.82, 2.24) is 0 Å². The quantitative estimate of drug-likeness (QED) is 0.209. The van der Waals surface area contributed by atoms with Gasteiger partial charge in [0.15, 0.2) is 0 Å². The molecule has 0 aliphatic rings. The third-order valence-electron chi connectivity index (χ3n) is 8.26. The van der Waals surface area contributed by atoms with E-state index < -0.39 is 0 Å². The van der Waals surface area contributed by atoms with E-state index in [9.17, 15) is 10.5 Å². The highest BCUT2D eigenvalue weighted by Crippen LogP contribution is 2.40. The van der Waals surface area contributed by atoms with E-state index in [1.807, 2.05) is 47.7 Å². The van der Waals surface area contributed by atoms with Crippen molar-refractivity contribution < 1.29 is 0 Å². The van der Waals surface area contributed by atoms with Crippen LogP contribution >= 0.6 is 11.3 Å². The second-order valence-electron chi connectivity index (χ2n) is 10.9. The van der Waals surface area contributed by atoms with Crippen LogP contribution in [0.2, 0.25) is 0 Å². The summed E-state index contributed by atoms with van der Waals surface area (Å²) in [7, 11) is 0. The fraction of sp³-hybridized carbons (Fsp3) is 0. The third kappa shape index (κ3) is 4.43. The van der Waals surface area contributed by atoms with Gasteiger partial charge in [-0.3, -0.25) is 0 Å². The lowest BCUT2D eigenvalue weighted by Crippen LogP contribution is -2.10. The minimum atomic E-state index is 0.635. The zero-order valence-electron chi connectivity index (χ0n) is 23.5. The summed E-state index contributed by atoms with van der Waals surface area (Å²) < 4.78 is 2.60. The van der Waals surface area contributed by atoms with Crippen molar-refractivity contribution in [3.05, 3.63) is 151 Å². The molecule has 44 heavy (non-hydrogen) atoms. The zero-order valence-corrected chi connectivity index (χ0v) is 24.3. The van der Waals surface area contributed by atoms with Crippen molar-refractivity contribution in [3.63, 3.8) is 0 Å². The maximum absolute atomic E-state index is 9.51. The predicted molar refractivity (Wildman–Crippen MR) is 184 cm³/mol. The number of hydrogen-bond donors (Lipinski definition) is 0. The summed E-state index contributed by atoms with van der Waals surface area (Å²) in [6.07, 6.45) is 0. The first-order valence-corrected chi connectivity index (χ1v) is 15.2. The molecule has 0 N–H and O–H groups in total. The lowest BCUT2D eigenvalue weighted by Gasteiger charge is -2.26. The molecule has 0 saturated heterocycles. The molecule has 0 unspecified atom stereocenters.